The zero-order valence-corrected chi connectivity index (χ0v) is 22.0. The average Bonchev–Trinajstić information content (AvgIpc) is 3.50. The Morgan fingerprint density at radius 3 is 1.63 bits per heavy atom. The van der Waals surface area contributed by atoms with Gasteiger partial charge in [0.25, 0.3) is 0 Å². The first-order chi connectivity index (χ1) is 18.7. The Morgan fingerprint density at radius 1 is 0.500 bits per heavy atom. The summed E-state index contributed by atoms with van der Waals surface area (Å²) >= 11 is 7.98. The summed E-state index contributed by atoms with van der Waals surface area (Å²) in [5, 5.41) is 13.8. The molecule has 1 N–H and O–H groups in total. The van der Waals surface area contributed by atoms with Gasteiger partial charge < -0.3 is 5.11 Å². The van der Waals surface area contributed by atoms with Gasteiger partial charge in [-0.05, 0) is 39.9 Å². The molecule has 3 heteroatoms. The fourth-order valence-corrected chi connectivity index (χ4v) is 7.23. The molecule has 1 aliphatic rings. The monoisotopic (exact) mass is 526 g/mol. The Bertz CT molecular complexity index is 1770. The number of thiophene rings is 1. The molecule has 7 rings (SSSR count). The van der Waals surface area contributed by atoms with Crippen LogP contribution in [-0.2, 0) is 5.60 Å². The van der Waals surface area contributed by atoms with Crippen LogP contribution < -0.4 is 0 Å². The zero-order chi connectivity index (χ0) is 25.7. The smallest absolute Gasteiger partial charge is 0.143 e. The molecule has 5 aromatic carbocycles. The molecule has 1 unspecified atom stereocenters. The SMILES string of the molecule is OC1(c2ccccc2-c2ccc(Cl)cc2)c2ccccc2-c2c(-c3ccccc3)sc(-c3ccccc3)c21. The summed E-state index contributed by atoms with van der Waals surface area (Å²) in [5.74, 6) is 0. The lowest BCUT2D eigenvalue weighted by atomic mass is 9.79. The van der Waals surface area contributed by atoms with Gasteiger partial charge in [-0.2, -0.15) is 0 Å². The summed E-state index contributed by atoms with van der Waals surface area (Å²) < 4.78 is 0. The fraction of sp³-hybridized carbons (Fsp3) is 0.0286. The average molecular weight is 527 g/mol. The molecule has 0 bridgehead atoms. The van der Waals surface area contributed by atoms with Crippen molar-refractivity contribution in [3.05, 3.63) is 155 Å². The number of halogens is 1. The van der Waals surface area contributed by atoms with Crippen molar-refractivity contribution < 1.29 is 5.11 Å². The van der Waals surface area contributed by atoms with Gasteiger partial charge in [-0.1, -0.05) is 133 Å². The maximum absolute atomic E-state index is 13.1. The molecule has 0 radical (unpaired) electrons. The highest BCUT2D eigenvalue weighted by atomic mass is 35.5. The third-order valence-electron chi connectivity index (χ3n) is 7.40. The summed E-state index contributed by atoms with van der Waals surface area (Å²) in [6, 6.07) is 45.3. The predicted octanol–water partition coefficient (Wildman–Crippen LogP) is 9.67. The van der Waals surface area contributed by atoms with Crippen molar-refractivity contribution in [1.82, 2.24) is 0 Å². The van der Waals surface area contributed by atoms with Gasteiger partial charge in [0.1, 0.15) is 5.60 Å². The van der Waals surface area contributed by atoms with E-state index in [0.717, 1.165) is 54.9 Å². The van der Waals surface area contributed by atoms with Crippen LogP contribution in [0.5, 0.6) is 0 Å². The molecular formula is C35H23ClOS. The minimum absolute atomic E-state index is 0.690. The number of aliphatic hydroxyl groups is 1. The molecule has 0 amide bonds. The fourth-order valence-electron chi connectivity index (χ4n) is 5.73. The van der Waals surface area contributed by atoms with Crippen LogP contribution in [0.3, 0.4) is 0 Å². The van der Waals surface area contributed by atoms with E-state index in [1.807, 2.05) is 54.6 Å². The Balaban J connectivity index is 1.59. The molecule has 0 aliphatic heterocycles. The minimum atomic E-state index is -1.34. The van der Waals surface area contributed by atoms with Crippen molar-refractivity contribution in [2.24, 2.45) is 0 Å². The molecule has 6 aromatic rings. The van der Waals surface area contributed by atoms with Crippen LogP contribution in [0, 0.1) is 0 Å². The van der Waals surface area contributed by atoms with Crippen LogP contribution >= 0.6 is 22.9 Å². The predicted molar refractivity (Wildman–Crippen MR) is 160 cm³/mol. The van der Waals surface area contributed by atoms with Crippen LogP contribution in [0.15, 0.2) is 133 Å². The molecule has 0 saturated heterocycles. The first-order valence-electron chi connectivity index (χ1n) is 12.6. The molecule has 182 valence electrons. The van der Waals surface area contributed by atoms with Gasteiger partial charge in [0, 0.05) is 37.0 Å². The van der Waals surface area contributed by atoms with Crippen molar-refractivity contribution in [3.63, 3.8) is 0 Å². The van der Waals surface area contributed by atoms with Crippen LogP contribution in [0.1, 0.15) is 16.7 Å². The van der Waals surface area contributed by atoms with Gasteiger partial charge in [0.2, 0.25) is 0 Å². The van der Waals surface area contributed by atoms with E-state index in [2.05, 4.69) is 78.9 Å². The van der Waals surface area contributed by atoms with Crippen molar-refractivity contribution in [1.29, 1.82) is 0 Å². The number of rotatable bonds is 4. The van der Waals surface area contributed by atoms with E-state index in [0.29, 0.717) is 5.02 Å². The highest BCUT2D eigenvalue weighted by Crippen LogP contribution is 2.61. The lowest BCUT2D eigenvalue weighted by molar-refractivity contribution is 0.132. The molecular weight excluding hydrogens is 504 g/mol. The highest BCUT2D eigenvalue weighted by molar-refractivity contribution is 7.19. The third-order valence-corrected chi connectivity index (χ3v) is 8.94. The second-order valence-electron chi connectivity index (χ2n) is 9.55. The third kappa shape index (κ3) is 3.49. The second-order valence-corrected chi connectivity index (χ2v) is 11.0. The van der Waals surface area contributed by atoms with E-state index in [1.54, 1.807) is 11.3 Å². The Kier molecular flexibility index (Phi) is 5.56. The minimum Gasteiger partial charge on any atom is -0.376 e. The van der Waals surface area contributed by atoms with Crippen molar-refractivity contribution in [3.8, 4) is 43.1 Å². The van der Waals surface area contributed by atoms with Gasteiger partial charge in [0.15, 0.2) is 0 Å². The molecule has 1 nitrogen and oxygen atoms in total. The molecule has 0 spiro atoms. The Hall–Kier alpha value is -3.95. The van der Waals surface area contributed by atoms with Crippen molar-refractivity contribution in [2.45, 2.75) is 5.60 Å². The van der Waals surface area contributed by atoms with Gasteiger partial charge in [0.05, 0.1) is 0 Å². The summed E-state index contributed by atoms with van der Waals surface area (Å²) in [5.41, 5.74) is 7.85. The summed E-state index contributed by atoms with van der Waals surface area (Å²) in [6.07, 6.45) is 0. The first-order valence-corrected chi connectivity index (χ1v) is 13.8. The van der Waals surface area contributed by atoms with Gasteiger partial charge in [-0.25, -0.2) is 0 Å². The van der Waals surface area contributed by atoms with Crippen molar-refractivity contribution >= 4 is 22.9 Å². The second kappa shape index (κ2) is 9.11. The van der Waals surface area contributed by atoms with Gasteiger partial charge >= 0.3 is 0 Å². The quantitative estimate of drug-likeness (QED) is 0.242. The lowest BCUT2D eigenvalue weighted by Gasteiger charge is -2.29. The first kappa shape index (κ1) is 23.2. The lowest BCUT2D eigenvalue weighted by Crippen LogP contribution is -2.27. The summed E-state index contributed by atoms with van der Waals surface area (Å²) in [7, 11) is 0. The molecule has 0 saturated carbocycles. The standard InChI is InChI=1S/C35H23ClOS/c36-26-21-19-23(20-22-26)27-15-7-9-17-29(27)35(37)30-18-10-8-16-28(30)31-32(35)34(25-13-5-2-6-14-25)38-33(31)24-11-3-1-4-12-24/h1-22,37H. The Labute approximate surface area is 231 Å². The number of hydrogen-bond acceptors (Lipinski definition) is 2. The Morgan fingerprint density at radius 2 is 1.00 bits per heavy atom. The zero-order valence-electron chi connectivity index (χ0n) is 20.4. The maximum atomic E-state index is 13.1. The molecule has 1 heterocycles. The van der Waals surface area contributed by atoms with Gasteiger partial charge in [-0.3, -0.25) is 0 Å². The summed E-state index contributed by atoms with van der Waals surface area (Å²) in [4.78, 5) is 2.26. The molecule has 38 heavy (non-hydrogen) atoms. The van der Waals surface area contributed by atoms with Crippen LogP contribution in [0.4, 0.5) is 0 Å². The van der Waals surface area contributed by atoms with E-state index in [9.17, 15) is 5.11 Å². The largest absolute Gasteiger partial charge is 0.376 e. The van der Waals surface area contributed by atoms with E-state index >= 15 is 0 Å². The molecule has 1 aromatic heterocycles. The molecule has 0 fully saturated rings. The highest BCUT2D eigenvalue weighted by Gasteiger charge is 2.48. The normalized spacial score (nSPS) is 15.7. The molecule has 1 atom stereocenters. The number of benzene rings is 5. The maximum Gasteiger partial charge on any atom is 0.143 e. The van der Waals surface area contributed by atoms with E-state index < -0.39 is 5.60 Å². The number of hydrogen-bond donors (Lipinski definition) is 1. The number of fused-ring (bicyclic) bond motifs is 3. The van der Waals surface area contributed by atoms with Crippen LogP contribution in [-0.4, -0.2) is 5.11 Å². The van der Waals surface area contributed by atoms with E-state index in [-0.39, 0.29) is 0 Å². The van der Waals surface area contributed by atoms with Gasteiger partial charge in [-0.15, -0.1) is 11.3 Å². The topological polar surface area (TPSA) is 20.2 Å². The van der Waals surface area contributed by atoms with E-state index in [4.69, 9.17) is 11.6 Å². The summed E-state index contributed by atoms with van der Waals surface area (Å²) in [6.45, 7) is 0. The molecule has 1 aliphatic carbocycles. The van der Waals surface area contributed by atoms with Crippen molar-refractivity contribution in [2.75, 3.05) is 0 Å². The van der Waals surface area contributed by atoms with Crippen LogP contribution in [0.2, 0.25) is 5.02 Å². The van der Waals surface area contributed by atoms with Crippen LogP contribution in [0.25, 0.3) is 43.1 Å². The van der Waals surface area contributed by atoms with E-state index in [1.165, 1.54) is 4.88 Å².